The van der Waals surface area contributed by atoms with Crippen molar-refractivity contribution in [3.05, 3.63) is 71.8 Å². The van der Waals surface area contributed by atoms with Gasteiger partial charge >= 0.3 is 11.9 Å². The van der Waals surface area contributed by atoms with Crippen LogP contribution in [-0.4, -0.2) is 47.3 Å². The van der Waals surface area contributed by atoms with E-state index in [9.17, 15) is 19.2 Å². The lowest BCUT2D eigenvalue weighted by Crippen LogP contribution is -2.43. The van der Waals surface area contributed by atoms with Crippen LogP contribution >= 0.6 is 11.8 Å². The van der Waals surface area contributed by atoms with Gasteiger partial charge in [0.1, 0.15) is 0 Å². The predicted octanol–water partition coefficient (Wildman–Crippen LogP) is 5.39. The fraction of sp³-hybridized carbons (Fsp3) is 0.500. The second kappa shape index (κ2) is 17.5. The number of carbonyl (C=O) groups is 4. The van der Waals surface area contributed by atoms with Crippen molar-refractivity contribution < 1.29 is 28.7 Å². The van der Waals surface area contributed by atoms with Crippen LogP contribution in [0.1, 0.15) is 77.7 Å². The minimum absolute atomic E-state index is 0.164. The Morgan fingerprint density at radius 3 is 1.27 bits per heavy atom. The summed E-state index contributed by atoms with van der Waals surface area (Å²) >= 11 is 1.64. The van der Waals surface area contributed by atoms with E-state index in [1.807, 2.05) is 12.1 Å². The quantitative estimate of drug-likeness (QED) is 0.255. The molecule has 4 atom stereocenters. The molecular weight excluding hydrogens is 540 g/mol. The van der Waals surface area contributed by atoms with Gasteiger partial charge in [-0.15, -0.1) is 0 Å². The zero-order chi connectivity index (χ0) is 30.4. The van der Waals surface area contributed by atoms with E-state index in [1.54, 1.807) is 60.3 Å². The summed E-state index contributed by atoms with van der Waals surface area (Å²) in [5.74, 6) is 0.0905. The van der Waals surface area contributed by atoms with Gasteiger partial charge in [-0.05, 0) is 24.7 Å². The number of rotatable bonds is 16. The third-order valence-electron chi connectivity index (χ3n) is 6.09. The van der Waals surface area contributed by atoms with Crippen LogP contribution in [0.2, 0.25) is 0 Å². The zero-order valence-corrected chi connectivity index (χ0v) is 25.7. The topological polar surface area (TPSA) is 111 Å². The minimum Gasteiger partial charge on any atom is -0.447 e. The van der Waals surface area contributed by atoms with E-state index >= 15 is 0 Å². The van der Waals surface area contributed by atoms with Crippen molar-refractivity contribution in [1.82, 2.24) is 10.6 Å². The van der Waals surface area contributed by atoms with Gasteiger partial charge in [-0.3, -0.25) is 19.2 Å². The Labute approximate surface area is 248 Å². The number of amides is 2. The molecule has 0 aliphatic rings. The van der Waals surface area contributed by atoms with Gasteiger partial charge in [0.2, 0.25) is 12.2 Å². The summed E-state index contributed by atoms with van der Waals surface area (Å²) in [6, 6.07) is 17.6. The van der Waals surface area contributed by atoms with E-state index in [2.05, 4.69) is 38.3 Å². The Balaban J connectivity index is 2.09. The molecule has 9 heteroatoms. The minimum atomic E-state index is -1.03. The molecule has 0 aromatic heterocycles. The Hall–Kier alpha value is -3.33. The van der Waals surface area contributed by atoms with Gasteiger partial charge in [-0.1, -0.05) is 88.4 Å². The number of carbonyl (C=O) groups excluding carboxylic acids is 4. The molecule has 0 saturated carbocycles. The molecular formula is C32H44N2O6S. The molecule has 8 nitrogen and oxygen atoms in total. The van der Waals surface area contributed by atoms with Crippen molar-refractivity contribution in [3.8, 4) is 0 Å². The summed E-state index contributed by atoms with van der Waals surface area (Å²) in [4.78, 5) is 50.0. The van der Waals surface area contributed by atoms with E-state index in [1.165, 1.54) is 13.8 Å². The average molecular weight is 585 g/mol. The molecule has 0 aliphatic heterocycles. The fourth-order valence-electron chi connectivity index (χ4n) is 4.52. The number of esters is 2. The lowest BCUT2D eigenvalue weighted by Gasteiger charge is -2.26. The normalized spacial score (nSPS) is 14.0. The van der Waals surface area contributed by atoms with Crippen molar-refractivity contribution >= 4 is 35.5 Å². The summed E-state index contributed by atoms with van der Waals surface area (Å²) in [5.41, 5.74) is 1.22. The molecule has 0 unspecified atom stereocenters. The second-order valence-corrected chi connectivity index (χ2v) is 12.1. The molecule has 2 amide bonds. The molecule has 0 heterocycles. The van der Waals surface area contributed by atoms with Crippen molar-refractivity contribution in [3.63, 3.8) is 0 Å². The summed E-state index contributed by atoms with van der Waals surface area (Å²) in [5, 5.41) is 6.17. The van der Waals surface area contributed by atoms with E-state index in [-0.39, 0.29) is 23.9 Å². The van der Waals surface area contributed by atoms with Gasteiger partial charge in [-0.25, -0.2) is 0 Å². The average Bonchev–Trinajstić information content (AvgIpc) is 2.90. The van der Waals surface area contributed by atoms with Crippen molar-refractivity contribution in [2.24, 2.45) is 11.8 Å². The van der Waals surface area contributed by atoms with Crippen molar-refractivity contribution in [2.75, 3.05) is 11.5 Å². The maximum Gasteiger partial charge on any atom is 0.303 e. The Morgan fingerprint density at radius 2 is 0.976 bits per heavy atom. The second-order valence-electron chi connectivity index (χ2n) is 11.0. The van der Waals surface area contributed by atoms with Crippen LogP contribution in [-0.2, 0) is 28.7 Å². The molecule has 2 rings (SSSR count). The number of hydrogen-bond donors (Lipinski definition) is 2. The highest BCUT2D eigenvalue weighted by atomic mass is 32.2. The smallest absolute Gasteiger partial charge is 0.303 e. The molecule has 2 aromatic rings. The molecule has 224 valence electrons. The lowest BCUT2D eigenvalue weighted by molar-refractivity contribution is -0.154. The van der Waals surface area contributed by atoms with E-state index < -0.39 is 24.1 Å². The standard InChI is InChI=1S/C32H44N2O6S/c1-21(2)17-27(33-31(37)29(39-23(5)35)25-13-9-7-10-14-25)19-41-20-28(18-22(3)4)34-32(38)30(40-24(6)36)26-15-11-8-12-16-26/h7-16,21-22,27-30H,17-20H2,1-6H3,(H,33,37)(H,34,38)/t27-,28-,29-,30-/m0/s1. The molecule has 41 heavy (non-hydrogen) atoms. The van der Waals surface area contributed by atoms with Gasteiger partial charge in [-0.2, -0.15) is 11.8 Å². The molecule has 2 aromatic carbocycles. The first-order chi connectivity index (χ1) is 19.5. The SMILES string of the molecule is CC(=O)O[C@H](C(=O)N[C@H](CSC[C@H](CC(C)C)NC(=O)[C@@H](OC(C)=O)c1ccccc1)CC(C)C)c1ccccc1. The summed E-state index contributed by atoms with van der Waals surface area (Å²) in [6.45, 7) is 10.9. The zero-order valence-electron chi connectivity index (χ0n) is 24.9. The van der Waals surface area contributed by atoms with Crippen LogP contribution in [0.15, 0.2) is 60.7 Å². The van der Waals surface area contributed by atoms with Gasteiger partial charge in [0.15, 0.2) is 0 Å². The Kier molecular flexibility index (Phi) is 14.4. The Morgan fingerprint density at radius 1 is 0.634 bits per heavy atom. The molecule has 0 bridgehead atoms. The molecule has 0 radical (unpaired) electrons. The van der Waals surface area contributed by atoms with E-state index in [0.29, 0.717) is 34.5 Å². The molecule has 0 saturated heterocycles. The first-order valence-electron chi connectivity index (χ1n) is 14.1. The maximum absolute atomic E-state index is 13.3. The van der Waals surface area contributed by atoms with Gasteiger partial charge in [0.25, 0.3) is 11.8 Å². The molecule has 0 spiro atoms. The highest BCUT2D eigenvalue weighted by molar-refractivity contribution is 7.99. The van der Waals surface area contributed by atoms with Crippen LogP contribution in [0, 0.1) is 11.8 Å². The number of nitrogens with one attached hydrogen (secondary N) is 2. The fourth-order valence-corrected chi connectivity index (χ4v) is 5.66. The van der Waals surface area contributed by atoms with E-state index in [4.69, 9.17) is 9.47 Å². The van der Waals surface area contributed by atoms with Crippen LogP contribution < -0.4 is 10.6 Å². The van der Waals surface area contributed by atoms with Gasteiger partial charge in [0, 0.05) is 48.6 Å². The van der Waals surface area contributed by atoms with Crippen molar-refractivity contribution in [1.29, 1.82) is 0 Å². The van der Waals surface area contributed by atoms with Gasteiger partial charge < -0.3 is 20.1 Å². The Bertz CT molecular complexity index is 1020. The number of ether oxygens (including phenoxy) is 2. The number of benzene rings is 2. The molecule has 0 fully saturated rings. The van der Waals surface area contributed by atoms with Crippen LogP contribution in [0.3, 0.4) is 0 Å². The monoisotopic (exact) mass is 584 g/mol. The summed E-state index contributed by atoms with van der Waals surface area (Å²) < 4.78 is 10.8. The summed E-state index contributed by atoms with van der Waals surface area (Å²) in [7, 11) is 0. The highest BCUT2D eigenvalue weighted by Crippen LogP contribution is 2.22. The largest absolute Gasteiger partial charge is 0.447 e. The lowest BCUT2D eigenvalue weighted by atomic mass is 10.0. The third kappa shape index (κ3) is 12.8. The maximum atomic E-state index is 13.3. The third-order valence-corrected chi connectivity index (χ3v) is 7.37. The van der Waals surface area contributed by atoms with E-state index in [0.717, 1.165) is 12.8 Å². The number of thioether (sulfide) groups is 1. The number of hydrogen-bond acceptors (Lipinski definition) is 7. The highest BCUT2D eigenvalue weighted by Gasteiger charge is 2.28. The first-order valence-corrected chi connectivity index (χ1v) is 15.2. The van der Waals surface area contributed by atoms with Crippen LogP contribution in [0.4, 0.5) is 0 Å². The van der Waals surface area contributed by atoms with Crippen LogP contribution in [0.5, 0.6) is 0 Å². The molecule has 0 aliphatic carbocycles. The summed E-state index contributed by atoms with van der Waals surface area (Å²) in [6.07, 6.45) is -0.580. The van der Waals surface area contributed by atoms with Crippen LogP contribution in [0.25, 0.3) is 0 Å². The molecule has 2 N–H and O–H groups in total. The van der Waals surface area contributed by atoms with Gasteiger partial charge in [0.05, 0.1) is 0 Å². The predicted molar refractivity (Wildman–Crippen MR) is 162 cm³/mol. The first kappa shape index (κ1) is 33.9. The van der Waals surface area contributed by atoms with Crippen molar-refractivity contribution in [2.45, 2.75) is 78.7 Å².